The molecule has 2 aromatic carbocycles. The van der Waals surface area contributed by atoms with Crippen LogP contribution >= 0.6 is 11.3 Å². The number of amidine groups is 1. The molecular weight excluding hydrogens is 420 g/mol. The molecule has 0 spiro atoms. The lowest BCUT2D eigenvalue weighted by Gasteiger charge is -2.31. The Bertz CT molecular complexity index is 1050. The highest BCUT2D eigenvalue weighted by atomic mass is 32.1. The molecule has 0 aliphatic carbocycles. The van der Waals surface area contributed by atoms with E-state index in [1.807, 2.05) is 53.9 Å². The van der Waals surface area contributed by atoms with E-state index < -0.39 is 0 Å². The van der Waals surface area contributed by atoms with Gasteiger partial charge in [0.1, 0.15) is 12.4 Å². The number of fused-ring (bicyclic) bond motifs is 1. The van der Waals surface area contributed by atoms with Crippen LogP contribution in [-0.4, -0.2) is 31.6 Å². The molecule has 4 rings (SSSR count). The van der Waals surface area contributed by atoms with Gasteiger partial charge in [0, 0.05) is 25.3 Å². The second-order valence-electron chi connectivity index (χ2n) is 7.72. The molecule has 1 aliphatic rings. The number of rotatable bonds is 8. The lowest BCUT2D eigenvalue weighted by Crippen LogP contribution is -2.33. The molecule has 2 heterocycles. The van der Waals surface area contributed by atoms with Gasteiger partial charge in [0.05, 0.1) is 10.6 Å². The molecule has 0 bridgehead atoms. The van der Waals surface area contributed by atoms with Crippen molar-refractivity contribution in [2.24, 2.45) is 10.7 Å². The number of nitrogens with one attached hydrogen (secondary N) is 1. The largest absolute Gasteiger partial charge is 0.445 e. The van der Waals surface area contributed by atoms with Gasteiger partial charge in [-0.1, -0.05) is 36.4 Å². The van der Waals surface area contributed by atoms with Crippen molar-refractivity contribution >= 4 is 34.6 Å². The number of benzene rings is 2. The maximum atomic E-state index is 11.9. The minimum Gasteiger partial charge on any atom is -0.445 e. The fraction of sp³-hybridized carbons (Fsp3) is 0.280. The molecule has 0 atom stereocenters. The second kappa shape index (κ2) is 10.8. The number of aliphatic imine (C=N–C) groups is 1. The minimum atomic E-state index is -0.376. The van der Waals surface area contributed by atoms with Gasteiger partial charge in [-0.25, -0.2) is 9.79 Å². The second-order valence-corrected chi connectivity index (χ2v) is 8.67. The number of thiophene rings is 1. The lowest BCUT2D eigenvalue weighted by atomic mass is 10.0. The number of anilines is 1. The summed E-state index contributed by atoms with van der Waals surface area (Å²) in [6, 6.07) is 19.9. The Morgan fingerprint density at radius 3 is 2.84 bits per heavy atom. The lowest BCUT2D eigenvalue weighted by molar-refractivity contribution is 0.139. The van der Waals surface area contributed by atoms with Crippen molar-refractivity contribution in [2.75, 3.05) is 24.5 Å². The van der Waals surface area contributed by atoms with Crippen LogP contribution in [0.2, 0.25) is 0 Å². The third-order valence-corrected chi connectivity index (χ3v) is 6.28. The number of carbonyl (C=O) groups is 1. The quantitative estimate of drug-likeness (QED) is 0.293. The minimum absolute atomic E-state index is 0.286. The Kier molecular flexibility index (Phi) is 7.40. The summed E-state index contributed by atoms with van der Waals surface area (Å²) in [6.07, 6.45) is 2.62. The Morgan fingerprint density at radius 2 is 2.03 bits per heavy atom. The Labute approximate surface area is 192 Å². The van der Waals surface area contributed by atoms with Gasteiger partial charge in [-0.2, -0.15) is 0 Å². The summed E-state index contributed by atoms with van der Waals surface area (Å²) in [7, 11) is 0. The van der Waals surface area contributed by atoms with Crippen LogP contribution in [0.15, 0.2) is 71.0 Å². The topological polar surface area (TPSA) is 80.0 Å². The maximum absolute atomic E-state index is 11.9. The van der Waals surface area contributed by atoms with Crippen LogP contribution < -0.4 is 16.0 Å². The summed E-state index contributed by atoms with van der Waals surface area (Å²) >= 11 is 1.59. The van der Waals surface area contributed by atoms with Crippen LogP contribution in [0.25, 0.3) is 0 Å². The number of hydrogen-bond donors (Lipinski definition) is 2. The van der Waals surface area contributed by atoms with Crippen LogP contribution in [0.4, 0.5) is 16.2 Å². The first-order chi connectivity index (χ1) is 15.7. The first-order valence-electron chi connectivity index (χ1n) is 10.9. The molecule has 1 aromatic heterocycles. The first-order valence-corrected chi connectivity index (χ1v) is 11.8. The van der Waals surface area contributed by atoms with Gasteiger partial charge in [0.15, 0.2) is 0 Å². The number of alkyl carbamates (subject to hydrolysis) is 1. The standard InChI is InChI=1S/C25H28N4O2S/c26-24(23-10-5-16-32-23)28-21-11-12-22-20(17-21)9-4-14-29(22)15-6-13-27-25(30)31-18-19-7-2-1-3-8-19/h1-3,5,7-8,10-12,16-17H,4,6,9,13-15,18H2,(H2,26,28)(H,27,30). The number of nitrogens with two attached hydrogens (primary N) is 1. The van der Waals surface area contributed by atoms with E-state index in [-0.39, 0.29) is 12.7 Å². The Hall–Kier alpha value is -3.32. The van der Waals surface area contributed by atoms with Crippen molar-refractivity contribution in [2.45, 2.75) is 25.9 Å². The van der Waals surface area contributed by atoms with E-state index >= 15 is 0 Å². The molecule has 0 radical (unpaired) electrons. The fourth-order valence-electron chi connectivity index (χ4n) is 3.82. The van der Waals surface area contributed by atoms with Gasteiger partial charge in [0.25, 0.3) is 0 Å². The smallest absolute Gasteiger partial charge is 0.407 e. The first kappa shape index (κ1) is 21.9. The molecule has 1 aliphatic heterocycles. The van der Waals surface area contributed by atoms with E-state index in [1.54, 1.807) is 11.3 Å². The number of carbonyl (C=O) groups excluding carboxylic acids is 1. The maximum Gasteiger partial charge on any atom is 0.407 e. The van der Waals surface area contributed by atoms with Gasteiger partial charge in [0.2, 0.25) is 0 Å². The molecule has 0 saturated heterocycles. The number of hydrogen-bond acceptors (Lipinski definition) is 5. The summed E-state index contributed by atoms with van der Waals surface area (Å²) in [5.74, 6) is 0.554. The van der Waals surface area contributed by atoms with Crippen molar-refractivity contribution in [3.8, 4) is 0 Å². The van der Waals surface area contributed by atoms with E-state index in [4.69, 9.17) is 10.5 Å². The van der Waals surface area contributed by atoms with Crippen LogP contribution in [0.5, 0.6) is 0 Å². The highest BCUT2D eigenvalue weighted by molar-refractivity contribution is 7.12. The molecular formula is C25H28N4O2S. The highest BCUT2D eigenvalue weighted by Gasteiger charge is 2.17. The molecule has 3 aromatic rings. The van der Waals surface area contributed by atoms with Crippen LogP contribution in [0.3, 0.4) is 0 Å². The average Bonchev–Trinajstić information content (AvgIpc) is 3.36. The zero-order valence-corrected chi connectivity index (χ0v) is 18.8. The van der Waals surface area contributed by atoms with E-state index in [2.05, 4.69) is 27.3 Å². The molecule has 3 N–H and O–H groups in total. The third kappa shape index (κ3) is 5.88. The molecule has 1 amide bonds. The summed E-state index contributed by atoms with van der Waals surface area (Å²) in [5, 5.41) is 4.84. The third-order valence-electron chi connectivity index (χ3n) is 5.39. The van der Waals surface area contributed by atoms with Crippen molar-refractivity contribution < 1.29 is 9.53 Å². The predicted molar refractivity (Wildman–Crippen MR) is 131 cm³/mol. The summed E-state index contributed by atoms with van der Waals surface area (Å²) in [5.41, 5.74) is 10.6. The zero-order chi connectivity index (χ0) is 22.2. The molecule has 0 fully saturated rings. The number of aryl methyl sites for hydroxylation is 1. The van der Waals surface area contributed by atoms with E-state index in [0.29, 0.717) is 12.4 Å². The van der Waals surface area contributed by atoms with E-state index in [0.717, 1.165) is 48.5 Å². The molecule has 166 valence electrons. The molecule has 6 nitrogen and oxygen atoms in total. The molecule has 7 heteroatoms. The van der Waals surface area contributed by atoms with Crippen molar-refractivity contribution in [3.05, 3.63) is 82.0 Å². The predicted octanol–water partition coefficient (Wildman–Crippen LogP) is 4.85. The zero-order valence-electron chi connectivity index (χ0n) is 18.0. The van der Waals surface area contributed by atoms with E-state index in [9.17, 15) is 4.79 Å². The number of ether oxygens (including phenoxy) is 1. The normalized spacial score (nSPS) is 13.5. The van der Waals surface area contributed by atoms with Gasteiger partial charge >= 0.3 is 6.09 Å². The highest BCUT2D eigenvalue weighted by Crippen LogP contribution is 2.31. The van der Waals surface area contributed by atoms with Gasteiger partial charge in [-0.05, 0) is 60.0 Å². The number of nitrogens with zero attached hydrogens (tertiary/aromatic N) is 2. The monoisotopic (exact) mass is 448 g/mol. The van der Waals surface area contributed by atoms with Crippen molar-refractivity contribution in [1.82, 2.24) is 5.32 Å². The summed E-state index contributed by atoms with van der Waals surface area (Å²) in [6.45, 7) is 2.77. The molecule has 32 heavy (non-hydrogen) atoms. The fourth-order valence-corrected chi connectivity index (χ4v) is 4.44. The molecule has 0 unspecified atom stereocenters. The van der Waals surface area contributed by atoms with Crippen molar-refractivity contribution in [1.29, 1.82) is 0 Å². The summed E-state index contributed by atoms with van der Waals surface area (Å²) < 4.78 is 5.26. The van der Waals surface area contributed by atoms with Crippen molar-refractivity contribution in [3.63, 3.8) is 0 Å². The van der Waals surface area contributed by atoms with E-state index in [1.165, 1.54) is 11.3 Å². The number of amides is 1. The average molecular weight is 449 g/mol. The van der Waals surface area contributed by atoms with Crippen LogP contribution in [0.1, 0.15) is 28.8 Å². The van der Waals surface area contributed by atoms with Gasteiger partial charge in [-0.3, -0.25) is 0 Å². The Morgan fingerprint density at radius 1 is 1.16 bits per heavy atom. The van der Waals surface area contributed by atoms with Crippen LogP contribution in [0, 0.1) is 0 Å². The van der Waals surface area contributed by atoms with Crippen LogP contribution in [-0.2, 0) is 17.8 Å². The SMILES string of the molecule is NC(=Nc1ccc2c(c1)CCCN2CCCNC(=O)OCc1ccccc1)c1cccs1. The molecule has 0 saturated carbocycles. The van der Waals surface area contributed by atoms with Gasteiger partial charge < -0.3 is 20.7 Å². The Balaban J connectivity index is 1.26. The van der Waals surface area contributed by atoms with Gasteiger partial charge in [-0.15, -0.1) is 11.3 Å². The summed E-state index contributed by atoms with van der Waals surface area (Å²) in [4.78, 5) is 19.9.